The summed E-state index contributed by atoms with van der Waals surface area (Å²) in [5, 5.41) is 9.18. The molecule has 0 radical (unpaired) electrons. The summed E-state index contributed by atoms with van der Waals surface area (Å²) in [6, 6.07) is 17.3. The molecule has 0 spiro atoms. The smallest absolute Gasteiger partial charge is 0.323 e. The second-order valence-corrected chi connectivity index (χ2v) is 6.25. The summed E-state index contributed by atoms with van der Waals surface area (Å²) in [6.07, 6.45) is -0.0685. The van der Waals surface area contributed by atoms with E-state index < -0.39 is 12.1 Å². The van der Waals surface area contributed by atoms with Gasteiger partial charge in [0.25, 0.3) is 5.91 Å². The number of aliphatic carboxylic acids is 1. The Balaban J connectivity index is 1.72. The number of para-hydroxylation sites is 1. The van der Waals surface area contributed by atoms with Crippen LogP contribution in [0.25, 0.3) is 0 Å². The van der Waals surface area contributed by atoms with Gasteiger partial charge in [0.2, 0.25) is 0 Å². The van der Waals surface area contributed by atoms with Crippen LogP contribution in [0.1, 0.15) is 24.0 Å². The lowest BCUT2D eigenvalue weighted by Gasteiger charge is -2.25. The Morgan fingerprint density at radius 1 is 1.08 bits per heavy atom. The molecule has 0 unspecified atom stereocenters. The molecule has 1 amide bonds. The zero-order valence-corrected chi connectivity index (χ0v) is 14.1. The third-order valence-electron chi connectivity index (χ3n) is 4.51. The van der Waals surface area contributed by atoms with Gasteiger partial charge in [0, 0.05) is 18.0 Å². The fraction of sp³-hybridized carbons (Fsp3) is 0.300. The summed E-state index contributed by atoms with van der Waals surface area (Å²) >= 11 is 0. The molecule has 1 aliphatic rings. The first-order valence-corrected chi connectivity index (χ1v) is 8.36. The van der Waals surface area contributed by atoms with E-state index in [-0.39, 0.29) is 18.4 Å². The largest absolute Gasteiger partial charge is 0.480 e. The SMILES string of the molecule is C[C@H]1c2ccccc2O[C@H]1C(=O)N(CCc1ccccc1)CC(=O)O. The van der Waals surface area contributed by atoms with E-state index in [1.807, 2.05) is 61.5 Å². The average molecular weight is 339 g/mol. The number of ether oxygens (including phenoxy) is 1. The molecule has 0 saturated heterocycles. The van der Waals surface area contributed by atoms with Gasteiger partial charge in [-0.1, -0.05) is 55.5 Å². The molecule has 0 bridgehead atoms. The molecule has 130 valence electrons. The lowest BCUT2D eigenvalue weighted by molar-refractivity contribution is -0.147. The van der Waals surface area contributed by atoms with Crippen LogP contribution in [-0.4, -0.2) is 41.1 Å². The molecule has 3 rings (SSSR count). The van der Waals surface area contributed by atoms with Crippen molar-refractivity contribution in [3.8, 4) is 5.75 Å². The molecule has 2 atom stereocenters. The minimum Gasteiger partial charge on any atom is -0.480 e. The van der Waals surface area contributed by atoms with Crippen molar-refractivity contribution in [3.63, 3.8) is 0 Å². The second kappa shape index (κ2) is 7.38. The molecule has 0 fully saturated rings. The number of fused-ring (bicyclic) bond motifs is 1. The van der Waals surface area contributed by atoms with E-state index in [9.17, 15) is 14.7 Å². The van der Waals surface area contributed by atoms with Crippen LogP contribution in [0.15, 0.2) is 54.6 Å². The monoisotopic (exact) mass is 339 g/mol. The van der Waals surface area contributed by atoms with Gasteiger partial charge < -0.3 is 14.7 Å². The molecule has 1 aliphatic heterocycles. The van der Waals surface area contributed by atoms with Gasteiger partial charge in [-0.15, -0.1) is 0 Å². The predicted octanol–water partition coefficient (Wildman–Crippen LogP) is 2.71. The lowest BCUT2D eigenvalue weighted by Crippen LogP contribution is -2.45. The summed E-state index contributed by atoms with van der Waals surface area (Å²) in [4.78, 5) is 25.5. The first kappa shape index (κ1) is 17.0. The van der Waals surface area contributed by atoms with Crippen molar-refractivity contribution in [2.45, 2.75) is 25.4 Å². The molecule has 0 saturated carbocycles. The van der Waals surface area contributed by atoms with Crippen molar-refractivity contribution in [1.29, 1.82) is 0 Å². The number of hydrogen-bond acceptors (Lipinski definition) is 3. The number of carbonyl (C=O) groups excluding carboxylic acids is 1. The minimum absolute atomic E-state index is 0.100. The predicted molar refractivity (Wildman–Crippen MR) is 93.6 cm³/mol. The van der Waals surface area contributed by atoms with Crippen LogP contribution in [0.5, 0.6) is 5.75 Å². The van der Waals surface area contributed by atoms with Crippen molar-refractivity contribution in [2.75, 3.05) is 13.1 Å². The van der Waals surface area contributed by atoms with Crippen LogP contribution in [0, 0.1) is 0 Å². The molecule has 2 aromatic rings. The van der Waals surface area contributed by atoms with Gasteiger partial charge in [-0.2, -0.15) is 0 Å². The van der Waals surface area contributed by atoms with Gasteiger partial charge in [0.15, 0.2) is 6.10 Å². The van der Waals surface area contributed by atoms with Crippen LogP contribution < -0.4 is 4.74 Å². The van der Waals surface area contributed by atoms with Crippen LogP contribution in [-0.2, 0) is 16.0 Å². The Morgan fingerprint density at radius 2 is 1.76 bits per heavy atom. The highest BCUT2D eigenvalue weighted by atomic mass is 16.5. The van der Waals surface area contributed by atoms with E-state index in [1.165, 1.54) is 4.90 Å². The zero-order chi connectivity index (χ0) is 17.8. The standard InChI is InChI=1S/C20H21NO4/c1-14-16-9-5-6-10-17(16)25-19(14)20(24)21(13-18(22)23)12-11-15-7-3-2-4-8-15/h2-10,14,19H,11-13H2,1H3,(H,22,23)/t14-,19+/m0/s1. The topological polar surface area (TPSA) is 66.8 Å². The molecule has 0 aliphatic carbocycles. The molecule has 25 heavy (non-hydrogen) atoms. The number of carboxylic acids is 1. The second-order valence-electron chi connectivity index (χ2n) is 6.25. The Morgan fingerprint density at radius 3 is 2.44 bits per heavy atom. The first-order chi connectivity index (χ1) is 12.1. The molecule has 2 aromatic carbocycles. The number of carbonyl (C=O) groups is 2. The van der Waals surface area contributed by atoms with E-state index in [4.69, 9.17) is 4.74 Å². The molecule has 1 N–H and O–H groups in total. The summed E-state index contributed by atoms with van der Waals surface area (Å²) in [5.41, 5.74) is 2.05. The van der Waals surface area contributed by atoms with E-state index in [0.29, 0.717) is 18.7 Å². The number of nitrogens with zero attached hydrogens (tertiary/aromatic N) is 1. The number of benzene rings is 2. The van der Waals surface area contributed by atoms with E-state index in [2.05, 4.69) is 0 Å². The van der Waals surface area contributed by atoms with Crippen LogP contribution in [0.3, 0.4) is 0 Å². The number of carboxylic acid groups (broad SMARTS) is 1. The van der Waals surface area contributed by atoms with Crippen LogP contribution in [0.4, 0.5) is 0 Å². The number of amides is 1. The summed E-state index contributed by atoms with van der Waals surface area (Å²) in [5.74, 6) is -0.699. The lowest BCUT2D eigenvalue weighted by atomic mass is 9.96. The highest BCUT2D eigenvalue weighted by molar-refractivity contribution is 5.86. The van der Waals surface area contributed by atoms with Gasteiger partial charge >= 0.3 is 5.97 Å². The number of rotatable bonds is 6. The maximum absolute atomic E-state index is 12.9. The summed E-state index contributed by atoms with van der Waals surface area (Å²) in [6.45, 7) is 1.96. The van der Waals surface area contributed by atoms with Gasteiger partial charge in [0.05, 0.1) is 0 Å². The van der Waals surface area contributed by atoms with Crippen molar-refractivity contribution < 1.29 is 19.4 Å². The minimum atomic E-state index is -1.02. The van der Waals surface area contributed by atoms with Crippen LogP contribution >= 0.6 is 0 Å². The third-order valence-corrected chi connectivity index (χ3v) is 4.51. The highest BCUT2D eigenvalue weighted by Gasteiger charge is 2.38. The summed E-state index contributed by atoms with van der Waals surface area (Å²) in [7, 11) is 0. The maximum Gasteiger partial charge on any atom is 0.323 e. The van der Waals surface area contributed by atoms with E-state index in [1.54, 1.807) is 0 Å². The van der Waals surface area contributed by atoms with Gasteiger partial charge in [-0.05, 0) is 18.1 Å². The molecule has 0 aromatic heterocycles. The Bertz CT molecular complexity index is 759. The number of hydrogen-bond donors (Lipinski definition) is 1. The van der Waals surface area contributed by atoms with Gasteiger partial charge in [-0.25, -0.2) is 0 Å². The molecular weight excluding hydrogens is 318 g/mol. The Kier molecular flexibility index (Phi) is 5.03. The van der Waals surface area contributed by atoms with Crippen LogP contribution in [0.2, 0.25) is 0 Å². The Labute approximate surface area is 146 Å². The fourth-order valence-electron chi connectivity index (χ4n) is 3.15. The van der Waals surface area contributed by atoms with Crippen molar-refractivity contribution in [1.82, 2.24) is 4.90 Å². The normalized spacial score (nSPS) is 18.3. The van der Waals surface area contributed by atoms with Crippen molar-refractivity contribution in [2.24, 2.45) is 0 Å². The first-order valence-electron chi connectivity index (χ1n) is 8.36. The van der Waals surface area contributed by atoms with Gasteiger partial charge in [-0.3, -0.25) is 9.59 Å². The molecule has 1 heterocycles. The maximum atomic E-state index is 12.9. The highest BCUT2D eigenvalue weighted by Crippen LogP contribution is 2.38. The molecule has 5 nitrogen and oxygen atoms in total. The molecule has 5 heteroatoms. The van der Waals surface area contributed by atoms with E-state index in [0.717, 1.165) is 11.1 Å². The quantitative estimate of drug-likeness (QED) is 0.879. The van der Waals surface area contributed by atoms with Crippen molar-refractivity contribution in [3.05, 3.63) is 65.7 Å². The summed E-state index contributed by atoms with van der Waals surface area (Å²) < 4.78 is 5.81. The zero-order valence-electron chi connectivity index (χ0n) is 14.1. The van der Waals surface area contributed by atoms with Gasteiger partial charge in [0.1, 0.15) is 12.3 Å². The third kappa shape index (κ3) is 3.82. The fourth-order valence-corrected chi connectivity index (χ4v) is 3.15. The average Bonchev–Trinajstić information content (AvgIpc) is 2.96. The Hall–Kier alpha value is -2.82. The van der Waals surface area contributed by atoms with Crippen molar-refractivity contribution >= 4 is 11.9 Å². The van der Waals surface area contributed by atoms with E-state index >= 15 is 0 Å². The molecular formula is C20H21NO4.